The summed E-state index contributed by atoms with van der Waals surface area (Å²) in [4.78, 5) is 12.0. The number of carbonyl (C=O) groups is 1. The molecule has 1 aromatic rings. The van der Waals surface area contributed by atoms with E-state index in [1.165, 1.54) is 0 Å². The van der Waals surface area contributed by atoms with Gasteiger partial charge in [0.15, 0.2) is 0 Å². The third-order valence-electron chi connectivity index (χ3n) is 2.81. The minimum absolute atomic E-state index is 0.122. The number of benzene rings is 1. The molecule has 4 N–H and O–H groups in total. The molecule has 0 aliphatic heterocycles. The van der Waals surface area contributed by atoms with Crippen molar-refractivity contribution in [2.45, 2.75) is 13.1 Å². The fourth-order valence-corrected chi connectivity index (χ4v) is 2.43. The first-order valence-corrected chi connectivity index (χ1v) is 7.64. The quantitative estimate of drug-likeness (QED) is 0.557. The second-order valence-electron chi connectivity index (χ2n) is 4.67. The van der Waals surface area contributed by atoms with Crippen molar-refractivity contribution < 1.29 is 18.0 Å². The van der Waals surface area contributed by atoms with Gasteiger partial charge in [0.25, 0.3) is 5.91 Å². The molecule has 0 fully saturated rings. The number of halogens is 3. The van der Waals surface area contributed by atoms with Crippen LogP contribution in [0.25, 0.3) is 0 Å². The Morgan fingerprint density at radius 3 is 2.62 bits per heavy atom. The number of nitrogen functional groups attached to an aromatic ring is 1. The average Bonchev–Trinajstić information content (AvgIpc) is 2.43. The number of nitrogens with two attached hydrogens (primary N) is 1. The number of hydrazine groups is 1. The van der Waals surface area contributed by atoms with Crippen molar-refractivity contribution in [1.29, 1.82) is 0 Å². The maximum atomic E-state index is 12.7. The van der Waals surface area contributed by atoms with Crippen molar-refractivity contribution in [3.63, 3.8) is 0 Å². The van der Waals surface area contributed by atoms with Crippen LogP contribution in [0.4, 0.5) is 18.9 Å². The first kappa shape index (κ1) is 17.6. The Bertz CT molecular complexity index is 494. The molecule has 0 aromatic heterocycles. The highest BCUT2D eigenvalue weighted by atomic mass is 32.2. The van der Waals surface area contributed by atoms with Crippen molar-refractivity contribution in [2.24, 2.45) is 11.8 Å². The topological polar surface area (TPSA) is 67.2 Å². The summed E-state index contributed by atoms with van der Waals surface area (Å²) >= 11 is 1.64. The minimum Gasteiger partial charge on any atom is -0.352 e. The van der Waals surface area contributed by atoms with Gasteiger partial charge in [0.05, 0.1) is 16.8 Å². The highest BCUT2D eigenvalue weighted by Gasteiger charge is 2.31. The van der Waals surface area contributed by atoms with Gasteiger partial charge in [-0.15, -0.1) is 0 Å². The minimum atomic E-state index is -4.51. The van der Waals surface area contributed by atoms with Gasteiger partial charge in [-0.25, -0.2) is 0 Å². The maximum absolute atomic E-state index is 12.7. The molecule has 0 radical (unpaired) electrons. The standard InChI is InChI=1S/C13H18F3N3OS/c1-8(7-21-2)6-18-12(20)10-5-9(13(14,15)16)3-4-11(10)19-17/h3-5,8,19H,6-7,17H2,1-2H3,(H,18,20). The zero-order valence-corrected chi connectivity index (χ0v) is 12.6. The molecule has 1 aromatic carbocycles. The number of carbonyl (C=O) groups excluding carboxylic acids is 1. The number of hydrogen-bond donors (Lipinski definition) is 3. The largest absolute Gasteiger partial charge is 0.416 e. The van der Waals surface area contributed by atoms with Crippen LogP contribution < -0.4 is 16.6 Å². The highest BCUT2D eigenvalue weighted by Crippen LogP contribution is 2.31. The van der Waals surface area contributed by atoms with Crippen molar-refractivity contribution in [3.05, 3.63) is 29.3 Å². The highest BCUT2D eigenvalue weighted by molar-refractivity contribution is 7.98. The Labute approximate surface area is 125 Å². The molecule has 0 saturated heterocycles. The SMILES string of the molecule is CSCC(C)CNC(=O)c1cc(C(F)(F)F)ccc1NN. The van der Waals surface area contributed by atoms with E-state index in [9.17, 15) is 18.0 Å². The third kappa shape index (κ3) is 5.13. The van der Waals surface area contributed by atoms with Crippen LogP contribution >= 0.6 is 11.8 Å². The molecule has 0 aliphatic rings. The van der Waals surface area contributed by atoms with E-state index in [0.717, 1.165) is 24.0 Å². The van der Waals surface area contributed by atoms with E-state index in [1.54, 1.807) is 11.8 Å². The number of amides is 1. The summed E-state index contributed by atoms with van der Waals surface area (Å²) in [5.41, 5.74) is 1.38. The molecule has 1 atom stereocenters. The van der Waals surface area contributed by atoms with E-state index >= 15 is 0 Å². The number of anilines is 1. The maximum Gasteiger partial charge on any atom is 0.416 e. The summed E-state index contributed by atoms with van der Waals surface area (Å²) in [6.07, 6.45) is -2.56. The van der Waals surface area contributed by atoms with Gasteiger partial charge in [-0.05, 0) is 36.1 Å². The van der Waals surface area contributed by atoms with E-state index < -0.39 is 17.6 Å². The molecule has 0 heterocycles. The summed E-state index contributed by atoms with van der Waals surface area (Å²) < 4.78 is 38.1. The predicted octanol–water partition coefficient (Wildman–Crippen LogP) is 2.72. The molecule has 0 saturated carbocycles. The summed E-state index contributed by atoms with van der Waals surface area (Å²) in [5.74, 6) is 5.73. The number of hydrogen-bond acceptors (Lipinski definition) is 4. The van der Waals surface area contributed by atoms with Crippen LogP contribution in [0, 0.1) is 5.92 Å². The summed E-state index contributed by atoms with van der Waals surface area (Å²) in [7, 11) is 0. The molecule has 4 nitrogen and oxygen atoms in total. The Hall–Kier alpha value is -1.41. The van der Waals surface area contributed by atoms with Gasteiger partial charge in [-0.1, -0.05) is 6.92 Å². The average molecular weight is 321 g/mol. The lowest BCUT2D eigenvalue weighted by molar-refractivity contribution is -0.137. The van der Waals surface area contributed by atoms with Crippen LogP contribution in [0.15, 0.2) is 18.2 Å². The van der Waals surface area contributed by atoms with Crippen LogP contribution in [0.1, 0.15) is 22.8 Å². The fourth-order valence-electron chi connectivity index (χ4n) is 1.74. The van der Waals surface area contributed by atoms with Gasteiger partial charge in [0.1, 0.15) is 0 Å². The molecule has 8 heteroatoms. The summed E-state index contributed by atoms with van der Waals surface area (Å²) in [5, 5.41) is 2.62. The first-order chi connectivity index (χ1) is 9.79. The number of nitrogens with one attached hydrogen (secondary N) is 2. The van der Waals surface area contributed by atoms with Crippen molar-refractivity contribution in [2.75, 3.05) is 24.0 Å². The zero-order valence-electron chi connectivity index (χ0n) is 11.8. The smallest absolute Gasteiger partial charge is 0.352 e. The first-order valence-electron chi connectivity index (χ1n) is 6.24. The van der Waals surface area contributed by atoms with Crippen LogP contribution in [0.2, 0.25) is 0 Å². The van der Waals surface area contributed by atoms with Crippen molar-refractivity contribution in [1.82, 2.24) is 5.32 Å². The second kappa shape index (κ2) is 7.56. The van der Waals surface area contributed by atoms with E-state index in [0.29, 0.717) is 6.54 Å². The lowest BCUT2D eigenvalue weighted by Crippen LogP contribution is -2.30. The van der Waals surface area contributed by atoms with E-state index in [-0.39, 0.29) is 17.2 Å². The van der Waals surface area contributed by atoms with Gasteiger partial charge >= 0.3 is 6.18 Å². The lowest BCUT2D eigenvalue weighted by atomic mass is 10.1. The molecule has 21 heavy (non-hydrogen) atoms. The Morgan fingerprint density at radius 1 is 1.43 bits per heavy atom. The van der Waals surface area contributed by atoms with E-state index in [2.05, 4.69) is 10.7 Å². The molecule has 1 amide bonds. The fraction of sp³-hybridized carbons (Fsp3) is 0.462. The van der Waals surface area contributed by atoms with E-state index in [4.69, 9.17) is 5.84 Å². The molecule has 0 aliphatic carbocycles. The normalized spacial score (nSPS) is 12.9. The molecule has 1 rings (SSSR count). The molecule has 0 spiro atoms. The number of thioether (sulfide) groups is 1. The summed E-state index contributed by atoms with van der Waals surface area (Å²) in [6.45, 7) is 2.34. The Balaban J connectivity index is 2.91. The molecular weight excluding hydrogens is 303 g/mol. The van der Waals surface area contributed by atoms with Gasteiger partial charge in [-0.3, -0.25) is 10.6 Å². The van der Waals surface area contributed by atoms with Crippen LogP contribution in [0.5, 0.6) is 0 Å². The van der Waals surface area contributed by atoms with Crippen LogP contribution in [0.3, 0.4) is 0 Å². The zero-order chi connectivity index (χ0) is 16.0. The van der Waals surface area contributed by atoms with Gasteiger partial charge in [-0.2, -0.15) is 24.9 Å². The summed E-state index contributed by atoms with van der Waals surface area (Å²) in [6, 6.07) is 2.81. The molecular formula is C13H18F3N3OS. The lowest BCUT2D eigenvalue weighted by Gasteiger charge is -2.15. The Kier molecular flexibility index (Phi) is 6.35. The molecule has 1 unspecified atom stereocenters. The molecule has 118 valence electrons. The monoisotopic (exact) mass is 321 g/mol. The third-order valence-corrected chi connectivity index (χ3v) is 3.71. The van der Waals surface area contributed by atoms with Crippen molar-refractivity contribution in [3.8, 4) is 0 Å². The van der Waals surface area contributed by atoms with E-state index in [1.807, 2.05) is 13.2 Å². The predicted molar refractivity (Wildman–Crippen MR) is 79.1 cm³/mol. The molecule has 0 bridgehead atoms. The second-order valence-corrected chi connectivity index (χ2v) is 5.58. The Morgan fingerprint density at radius 2 is 2.10 bits per heavy atom. The van der Waals surface area contributed by atoms with Gasteiger partial charge in [0, 0.05) is 6.54 Å². The van der Waals surface area contributed by atoms with Gasteiger partial charge in [0.2, 0.25) is 0 Å². The number of alkyl halides is 3. The van der Waals surface area contributed by atoms with Gasteiger partial charge < -0.3 is 10.7 Å². The number of rotatable bonds is 6. The van der Waals surface area contributed by atoms with Crippen molar-refractivity contribution >= 4 is 23.4 Å². The van der Waals surface area contributed by atoms with Crippen LogP contribution in [-0.4, -0.2) is 24.5 Å². The van der Waals surface area contributed by atoms with Crippen LogP contribution in [-0.2, 0) is 6.18 Å².